The van der Waals surface area contributed by atoms with Crippen molar-refractivity contribution >= 4 is 40.5 Å². The van der Waals surface area contributed by atoms with Gasteiger partial charge in [0.2, 0.25) is 5.91 Å². The fourth-order valence-corrected chi connectivity index (χ4v) is 4.06. The fourth-order valence-electron chi connectivity index (χ4n) is 3.11. The van der Waals surface area contributed by atoms with Crippen molar-refractivity contribution in [1.82, 2.24) is 15.5 Å². The molecule has 0 spiro atoms. The van der Waals surface area contributed by atoms with Gasteiger partial charge in [-0.15, -0.1) is 11.3 Å². The summed E-state index contributed by atoms with van der Waals surface area (Å²) in [6, 6.07) is 12.0. The average Bonchev–Trinajstić information content (AvgIpc) is 3.14. The lowest BCUT2D eigenvalue weighted by Gasteiger charge is -2.36. The molecule has 8 heteroatoms. The first kappa shape index (κ1) is 20.5. The lowest BCUT2D eigenvalue weighted by Crippen LogP contribution is -2.52. The molecule has 1 aliphatic heterocycles. The van der Waals surface area contributed by atoms with E-state index in [0.717, 1.165) is 23.8 Å². The van der Waals surface area contributed by atoms with Crippen molar-refractivity contribution in [2.24, 2.45) is 4.99 Å². The number of guanidine groups is 1. The number of piperazine rings is 1. The molecule has 6 nitrogen and oxygen atoms in total. The Morgan fingerprint density at radius 1 is 1.11 bits per heavy atom. The first-order valence-electron chi connectivity index (χ1n) is 9.33. The minimum Gasteiger partial charge on any atom is -0.368 e. The lowest BCUT2D eigenvalue weighted by atomic mass is 10.2. The Bertz CT molecular complexity index is 812. The molecule has 0 radical (unpaired) electrons. The van der Waals surface area contributed by atoms with Gasteiger partial charge in [0.1, 0.15) is 0 Å². The molecule has 150 valence electrons. The second-order valence-corrected chi connectivity index (χ2v) is 8.44. The second-order valence-electron chi connectivity index (χ2n) is 6.64. The van der Waals surface area contributed by atoms with E-state index in [1.165, 1.54) is 9.75 Å². The van der Waals surface area contributed by atoms with Gasteiger partial charge in [0.25, 0.3) is 0 Å². The van der Waals surface area contributed by atoms with Crippen LogP contribution in [0.25, 0.3) is 0 Å². The molecule has 1 amide bonds. The highest BCUT2D eigenvalue weighted by Gasteiger charge is 2.21. The Labute approximate surface area is 175 Å². The number of hydrogen-bond donors (Lipinski definition) is 2. The summed E-state index contributed by atoms with van der Waals surface area (Å²) in [6.45, 7) is 6.09. The summed E-state index contributed by atoms with van der Waals surface area (Å²) >= 11 is 7.71. The van der Waals surface area contributed by atoms with Crippen LogP contribution in [0.5, 0.6) is 0 Å². The molecule has 2 heterocycles. The number of aliphatic imine (C=N–C) groups is 1. The average molecular weight is 420 g/mol. The molecule has 1 fully saturated rings. The molecule has 2 aromatic rings. The van der Waals surface area contributed by atoms with Crippen LogP contribution in [0.2, 0.25) is 5.02 Å². The van der Waals surface area contributed by atoms with Crippen molar-refractivity contribution in [1.29, 1.82) is 0 Å². The van der Waals surface area contributed by atoms with Crippen LogP contribution in [0, 0.1) is 6.92 Å². The third-order valence-corrected chi connectivity index (χ3v) is 5.93. The first-order valence-corrected chi connectivity index (χ1v) is 10.5. The number of benzene rings is 1. The summed E-state index contributed by atoms with van der Waals surface area (Å²) in [6.07, 6.45) is 0. The lowest BCUT2D eigenvalue weighted by molar-refractivity contribution is -0.130. The molecule has 0 saturated carbocycles. The van der Waals surface area contributed by atoms with Crippen molar-refractivity contribution in [2.45, 2.75) is 13.5 Å². The number of hydrogen-bond acceptors (Lipinski definition) is 4. The number of anilines is 1. The van der Waals surface area contributed by atoms with Crippen LogP contribution in [0.15, 0.2) is 41.4 Å². The molecule has 1 aromatic carbocycles. The smallest absolute Gasteiger partial charge is 0.242 e. The van der Waals surface area contributed by atoms with Crippen molar-refractivity contribution < 1.29 is 4.79 Å². The highest BCUT2D eigenvalue weighted by atomic mass is 35.5. The predicted octanol–water partition coefficient (Wildman–Crippen LogP) is 2.72. The molecular weight excluding hydrogens is 394 g/mol. The second kappa shape index (κ2) is 9.80. The maximum absolute atomic E-state index is 12.5. The van der Waals surface area contributed by atoms with Gasteiger partial charge in [0.15, 0.2) is 5.96 Å². The van der Waals surface area contributed by atoms with E-state index >= 15 is 0 Å². The third-order valence-electron chi connectivity index (χ3n) is 4.68. The molecule has 0 aliphatic carbocycles. The van der Waals surface area contributed by atoms with Gasteiger partial charge < -0.3 is 20.4 Å². The summed E-state index contributed by atoms with van der Waals surface area (Å²) < 4.78 is 0. The molecule has 1 saturated heterocycles. The van der Waals surface area contributed by atoms with E-state index in [9.17, 15) is 4.79 Å². The van der Waals surface area contributed by atoms with Gasteiger partial charge in [-0.25, -0.2) is 0 Å². The van der Waals surface area contributed by atoms with Crippen molar-refractivity contribution in [3.63, 3.8) is 0 Å². The SMILES string of the molecule is CN=C(NCC(=O)N1CCN(c2ccc(Cl)cc2)CC1)NCc1ccc(C)s1. The molecule has 3 rings (SSSR count). The standard InChI is InChI=1S/C20H26ClN5OS/c1-15-3-8-18(28-15)13-23-20(22-2)24-14-19(27)26-11-9-25(10-12-26)17-6-4-16(21)5-7-17/h3-8H,9-14H2,1-2H3,(H2,22,23,24). The molecule has 0 bridgehead atoms. The van der Waals surface area contributed by atoms with Gasteiger partial charge in [0.05, 0.1) is 13.1 Å². The zero-order valence-electron chi connectivity index (χ0n) is 16.2. The van der Waals surface area contributed by atoms with Crippen molar-refractivity contribution in [3.8, 4) is 0 Å². The number of thiophene rings is 1. The zero-order valence-corrected chi connectivity index (χ0v) is 17.8. The molecular formula is C20H26ClN5OS. The molecule has 1 aliphatic rings. The van der Waals surface area contributed by atoms with Crippen molar-refractivity contribution in [3.05, 3.63) is 51.2 Å². The predicted molar refractivity (Wildman–Crippen MR) is 118 cm³/mol. The van der Waals surface area contributed by atoms with E-state index in [2.05, 4.69) is 39.6 Å². The van der Waals surface area contributed by atoms with Gasteiger partial charge in [-0.3, -0.25) is 9.79 Å². The summed E-state index contributed by atoms with van der Waals surface area (Å²) in [7, 11) is 1.71. The van der Waals surface area contributed by atoms with E-state index in [1.807, 2.05) is 29.2 Å². The summed E-state index contributed by atoms with van der Waals surface area (Å²) in [5.74, 6) is 0.727. The van der Waals surface area contributed by atoms with E-state index < -0.39 is 0 Å². The number of nitrogens with zero attached hydrogens (tertiary/aromatic N) is 3. The maximum Gasteiger partial charge on any atom is 0.242 e. The number of aryl methyl sites for hydroxylation is 1. The van der Waals surface area contributed by atoms with Crippen LogP contribution < -0.4 is 15.5 Å². The number of rotatable bonds is 5. The number of carbonyl (C=O) groups is 1. The van der Waals surface area contributed by atoms with Gasteiger partial charge in [-0.2, -0.15) is 0 Å². The van der Waals surface area contributed by atoms with Crippen LogP contribution in [0.3, 0.4) is 0 Å². The highest BCUT2D eigenvalue weighted by molar-refractivity contribution is 7.11. The molecule has 2 N–H and O–H groups in total. The first-order chi connectivity index (χ1) is 13.5. The quantitative estimate of drug-likeness (QED) is 0.578. The van der Waals surface area contributed by atoms with Crippen molar-refractivity contribution in [2.75, 3.05) is 44.7 Å². The molecule has 0 unspecified atom stereocenters. The van der Waals surface area contributed by atoms with Crippen LogP contribution >= 0.6 is 22.9 Å². The Morgan fingerprint density at radius 3 is 2.43 bits per heavy atom. The number of nitrogens with one attached hydrogen (secondary N) is 2. The molecule has 1 aromatic heterocycles. The van der Waals surface area contributed by atoms with Crippen LogP contribution in [-0.2, 0) is 11.3 Å². The number of halogens is 1. The fraction of sp³-hybridized carbons (Fsp3) is 0.400. The van der Waals surface area contributed by atoms with Gasteiger partial charge >= 0.3 is 0 Å². The summed E-state index contributed by atoms with van der Waals surface area (Å²) in [4.78, 5) is 23.4. The Morgan fingerprint density at radius 2 is 1.82 bits per heavy atom. The van der Waals surface area contributed by atoms with Gasteiger partial charge in [0, 0.05) is 53.7 Å². The Balaban J connectivity index is 1.41. The maximum atomic E-state index is 12.5. The van der Waals surface area contributed by atoms with Crippen LogP contribution in [0.4, 0.5) is 5.69 Å². The van der Waals surface area contributed by atoms with Gasteiger partial charge in [-0.1, -0.05) is 11.6 Å². The topological polar surface area (TPSA) is 60.0 Å². The molecule has 28 heavy (non-hydrogen) atoms. The minimum atomic E-state index is 0.0886. The minimum absolute atomic E-state index is 0.0886. The zero-order chi connectivity index (χ0) is 19.9. The van der Waals surface area contributed by atoms with E-state index in [1.54, 1.807) is 18.4 Å². The number of amides is 1. The van der Waals surface area contributed by atoms with E-state index in [-0.39, 0.29) is 12.5 Å². The van der Waals surface area contributed by atoms with Crippen LogP contribution in [-0.4, -0.2) is 56.5 Å². The highest BCUT2D eigenvalue weighted by Crippen LogP contribution is 2.19. The largest absolute Gasteiger partial charge is 0.368 e. The molecule has 0 atom stereocenters. The Kier molecular flexibility index (Phi) is 7.17. The van der Waals surface area contributed by atoms with Crippen LogP contribution in [0.1, 0.15) is 9.75 Å². The van der Waals surface area contributed by atoms with Gasteiger partial charge in [-0.05, 0) is 43.3 Å². The normalized spacial score (nSPS) is 14.9. The number of carbonyl (C=O) groups excluding carboxylic acids is 1. The third kappa shape index (κ3) is 5.62. The Hall–Kier alpha value is -2.25. The van der Waals surface area contributed by atoms with E-state index in [4.69, 9.17) is 11.6 Å². The summed E-state index contributed by atoms with van der Waals surface area (Å²) in [5, 5.41) is 7.10. The van der Waals surface area contributed by atoms with E-state index in [0.29, 0.717) is 25.6 Å². The summed E-state index contributed by atoms with van der Waals surface area (Å²) in [5.41, 5.74) is 1.14. The monoisotopic (exact) mass is 419 g/mol.